The van der Waals surface area contributed by atoms with Crippen LogP contribution in [0.3, 0.4) is 0 Å². The number of hydrogen-bond acceptors (Lipinski definition) is 2. The number of phenols is 1. The van der Waals surface area contributed by atoms with Crippen molar-refractivity contribution in [3.8, 4) is 5.75 Å². The number of aromatic hydroxyl groups is 1. The predicted octanol–water partition coefficient (Wildman–Crippen LogP) is 3.03. The van der Waals surface area contributed by atoms with Crippen LogP contribution in [0, 0.1) is 0 Å². The largest absolute Gasteiger partial charge is 0.508 e. The van der Waals surface area contributed by atoms with Crippen LogP contribution in [-0.4, -0.2) is 32.8 Å². The molecule has 98 valence electrons. The highest BCUT2D eigenvalue weighted by Crippen LogP contribution is 2.47. The van der Waals surface area contributed by atoms with E-state index in [4.69, 9.17) is 0 Å². The summed E-state index contributed by atoms with van der Waals surface area (Å²) in [4.78, 5) is 12.9. The molecule has 1 fully saturated rings. The van der Waals surface area contributed by atoms with Crippen LogP contribution in [0.15, 0.2) is 24.3 Å². The van der Waals surface area contributed by atoms with E-state index in [0.717, 1.165) is 12.0 Å². The number of nitrogens with zero attached hydrogens (tertiary/aromatic N) is 1. The second-order valence-electron chi connectivity index (χ2n) is 5.82. The minimum Gasteiger partial charge on any atom is -0.508 e. The summed E-state index contributed by atoms with van der Waals surface area (Å²) < 4.78 is 0. The molecule has 0 heterocycles. The van der Waals surface area contributed by atoms with Crippen molar-refractivity contribution in [2.45, 2.75) is 44.7 Å². The third-order valence-corrected chi connectivity index (χ3v) is 3.34. The lowest BCUT2D eigenvalue weighted by molar-refractivity contribution is 0.0940. The van der Waals surface area contributed by atoms with E-state index in [1.54, 1.807) is 12.1 Å². The van der Waals surface area contributed by atoms with E-state index >= 15 is 0 Å². The van der Waals surface area contributed by atoms with Gasteiger partial charge in [0.15, 0.2) is 0 Å². The van der Waals surface area contributed by atoms with Gasteiger partial charge in [0, 0.05) is 17.5 Å². The predicted molar refractivity (Wildman–Crippen MR) is 68.9 cm³/mol. The topological polar surface area (TPSA) is 60.8 Å². The highest BCUT2D eigenvalue weighted by Gasteiger charge is 2.48. The summed E-state index contributed by atoms with van der Waals surface area (Å²) in [6.45, 7) is 5.73. The summed E-state index contributed by atoms with van der Waals surface area (Å²) in [6, 6.07) is 7.07. The average Bonchev–Trinajstić information content (AvgIpc) is 2.96. The molecule has 18 heavy (non-hydrogen) atoms. The Bertz CT molecular complexity index is 447. The molecule has 0 unspecified atom stereocenters. The molecule has 1 amide bonds. The molecule has 0 aliphatic heterocycles. The molecule has 0 spiro atoms. The molecular formula is C14H19NO3. The lowest BCUT2D eigenvalue weighted by Gasteiger charge is -2.33. The Morgan fingerprint density at radius 2 is 1.83 bits per heavy atom. The fourth-order valence-electron chi connectivity index (χ4n) is 2.47. The first-order valence-corrected chi connectivity index (χ1v) is 6.12. The van der Waals surface area contributed by atoms with Crippen molar-refractivity contribution in [1.82, 2.24) is 4.90 Å². The van der Waals surface area contributed by atoms with E-state index < -0.39 is 6.09 Å². The Balaban J connectivity index is 2.14. The van der Waals surface area contributed by atoms with Crippen molar-refractivity contribution >= 4 is 6.09 Å². The molecule has 1 aliphatic carbocycles. The van der Waals surface area contributed by atoms with Crippen LogP contribution in [0.2, 0.25) is 0 Å². The van der Waals surface area contributed by atoms with Crippen LogP contribution >= 0.6 is 0 Å². The van der Waals surface area contributed by atoms with Crippen LogP contribution in [0.4, 0.5) is 4.79 Å². The molecule has 0 bridgehead atoms. The van der Waals surface area contributed by atoms with Gasteiger partial charge < -0.3 is 10.2 Å². The third kappa shape index (κ3) is 2.42. The van der Waals surface area contributed by atoms with Gasteiger partial charge in [0.25, 0.3) is 0 Å². The Morgan fingerprint density at radius 3 is 2.28 bits per heavy atom. The number of benzene rings is 1. The molecule has 2 atom stereocenters. The van der Waals surface area contributed by atoms with Crippen molar-refractivity contribution in [2.75, 3.05) is 0 Å². The standard InChI is InChI=1S/C14H19NO3/c1-14(2,3)15(13(17)18)12-8-11(12)9-4-6-10(16)7-5-9/h4-7,11-12,16H,8H2,1-3H3,(H,17,18)/t11-,12+/m0/s1. The highest BCUT2D eigenvalue weighted by atomic mass is 16.4. The summed E-state index contributed by atoms with van der Waals surface area (Å²) in [5, 5.41) is 18.6. The van der Waals surface area contributed by atoms with Gasteiger partial charge in [0.05, 0.1) is 0 Å². The van der Waals surface area contributed by atoms with Crippen LogP contribution in [-0.2, 0) is 0 Å². The number of rotatable bonds is 2. The van der Waals surface area contributed by atoms with E-state index in [1.807, 2.05) is 32.9 Å². The average molecular weight is 249 g/mol. The quantitative estimate of drug-likeness (QED) is 0.847. The van der Waals surface area contributed by atoms with Crippen molar-refractivity contribution in [3.63, 3.8) is 0 Å². The maximum absolute atomic E-state index is 11.3. The van der Waals surface area contributed by atoms with Gasteiger partial charge in [0.2, 0.25) is 0 Å². The monoisotopic (exact) mass is 249 g/mol. The molecule has 4 heteroatoms. The molecular weight excluding hydrogens is 230 g/mol. The van der Waals surface area contributed by atoms with Crippen molar-refractivity contribution in [3.05, 3.63) is 29.8 Å². The van der Waals surface area contributed by atoms with Crippen molar-refractivity contribution < 1.29 is 15.0 Å². The fraction of sp³-hybridized carbons (Fsp3) is 0.500. The molecule has 1 aromatic rings. The van der Waals surface area contributed by atoms with E-state index in [0.29, 0.717) is 0 Å². The summed E-state index contributed by atoms with van der Waals surface area (Å²) in [6.07, 6.45) is -0.0114. The molecule has 0 radical (unpaired) electrons. The maximum atomic E-state index is 11.3. The Kier molecular flexibility index (Phi) is 2.97. The summed E-state index contributed by atoms with van der Waals surface area (Å²) in [5.41, 5.74) is 0.704. The van der Waals surface area contributed by atoms with Crippen LogP contribution in [0.1, 0.15) is 38.7 Å². The number of hydrogen-bond donors (Lipinski definition) is 2. The molecule has 2 rings (SSSR count). The normalized spacial score (nSPS) is 22.6. The highest BCUT2D eigenvalue weighted by molar-refractivity contribution is 5.67. The lowest BCUT2D eigenvalue weighted by atomic mass is 10.1. The first-order chi connectivity index (χ1) is 8.30. The van der Waals surface area contributed by atoms with Gasteiger partial charge in [-0.3, -0.25) is 4.90 Å². The van der Waals surface area contributed by atoms with Crippen LogP contribution < -0.4 is 0 Å². The van der Waals surface area contributed by atoms with Gasteiger partial charge in [-0.25, -0.2) is 4.79 Å². The van der Waals surface area contributed by atoms with Gasteiger partial charge in [-0.1, -0.05) is 12.1 Å². The Morgan fingerprint density at radius 1 is 1.28 bits per heavy atom. The van der Waals surface area contributed by atoms with E-state index in [1.165, 1.54) is 4.90 Å². The van der Waals surface area contributed by atoms with E-state index in [-0.39, 0.29) is 23.2 Å². The zero-order chi connectivity index (χ0) is 13.5. The summed E-state index contributed by atoms with van der Waals surface area (Å²) in [5.74, 6) is 0.489. The zero-order valence-corrected chi connectivity index (χ0v) is 10.9. The second kappa shape index (κ2) is 4.19. The molecule has 4 nitrogen and oxygen atoms in total. The van der Waals surface area contributed by atoms with E-state index in [9.17, 15) is 15.0 Å². The minimum atomic E-state index is -0.867. The Hall–Kier alpha value is -1.71. The summed E-state index contributed by atoms with van der Waals surface area (Å²) in [7, 11) is 0. The van der Waals surface area contributed by atoms with Gasteiger partial charge in [0.1, 0.15) is 5.75 Å². The fourth-order valence-corrected chi connectivity index (χ4v) is 2.47. The van der Waals surface area contributed by atoms with Gasteiger partial charge in [-0.2, -0.15) is 0 Å². The second-order valence-corrected chi connectivity index (χ2v) is 5.82. The van der Waals surface area contributed by atoms with Crippen LogP contribution in [0.25, 0.3) is 0 Å². The molecule has 1 saturated carbocycles. The first-order valence-electron chi connectivity index (χ1n) is 6.12. The van der Waals surface area contributed by atoms with Crippen molar-refractivity contribution in [1.29, 1.82) is 0 Å². The number of amides is 1. The lowest BCUT2D eigenvalue weighted by Crippen LogP contribution is -2.46. The molecule has 1 aliphatic rings. The zero-order valence-electron chi connectivity index (χ0n) is 10.9. The van der Waals surface area contributed by atoms with Crippen molar-refractivity contribution in [2.24, 2.45) is 0 Å². The molecule has 2 N–H and O–H groups in total. The van der Waals surface area contributed by atoms with E-state index in [2.05, 4.69) is 0 Å². The number of phenolic OH excluding ortho intramolecular Hbond substituents is 1. The van der Waals surface area contributed by atoms with Gasteiger partial charge in [-0.05, 0) is 44.9 Å². The first kappa shape index (κ1) is 12.7. The molecule has 0 saturated heterocycles. The van der Waals surface area contributed by atoms with Gasteiger partial charge >= 0.3 is 6.09 Å². The minimum absolute atomic E-state index is 0.0482. The smallest absolute Gasteiger partial charge is 0.408 e. The summed E-state index contributed by atoms with van der Waals surface area (Å²) >= 11 is 0. The van der Waals surface area contributed by atoms with Crippen LogP contribution in [0.5, 0.6) is 5.75 Å². The number of carboxylic acid groups (broad SMARTS) is 1. The third-order valence-electron chi connectivity index (χ3n) is 3.34. The maximum Gasteiger partial charge on any atom is 0.408 e. The van der Waals surface area contributed by atoms with Gasteiger partial charge in [-0.15, -0.1) is 0 Å². The molecule has 0 aromatic heterocycles. The molecule has 1 aromatic carbocycles. The Labute approximate surface area is 107 Å². The SMILES string of the molecule is CC(C)(C)N(C(=O)O)[C@@H]1C[C@H]1c1ccc(O)cc1. The number of carbonyl (C=O) groups is 1.